The molecule has 0 aromatic carbocycles. The first kappa shape index (κ1) is 11.7. The van der Waals surface area contributed by atoms with Crippen molar-refractivity contribution in [1.82, 2.24) is 24.4 Å². The third-order valence-corrected chi connectivity index (χ3v) is 2.90. The summed E-state index contributed by atoms with van der Waals surface area (Å²) in [7, 11) is 0. The molecule has 0 saturated heterocycles. The predicted octanol–water partition coefficient (Wildman–Crippen LogP) is 1.73. The van der Waals surface area contributed by atoms with Crippen LogP contribution in [0.2, 0.25) is 0 Å². The highest BCUT2D eigenvalue weighted by Crippen LogP contribution is 2.13. The van der Waals surface area contributed by atoms with Gasteiger partial charge in [0.2, 0.25) is 0 Å². The van der Waals surface area contributed by atoms with Gasteiger partial charge < -0.3 is 5.32 Å². The third kappa shape index (κ3) is 2.42. The van der Waals surface area contributed by atoms with Crippen LogP contribution in [-0.4, -0.2) is 30.4 Å². The average Bonchev–Trinajstić information content (AvgIpc) is 2.99. The zero-order valence-electron chi connectivity index (χ0n) is 11.0. The number of aryl methyl sites for hydroxylation is 1. The van der Waals surface area contributed by atoms with Crippen molar-refractivity contribution in [3.8, 4) is 0 Å². The molecule has 1 N–H and O–H groups in total. The third-order valence-electron chi connectivity index (χ3n) is 2.90. The van der Waals surface area contributed by atoms with Crippen LogP contribution in [0.4, 0.5) is 5.82 Å². The van der Waals surface area contributed by atoms with Crippen molar-refractivity contribution >= 4 is 11.5 Å². The van der Waals surface area contributed by atoms with Gasteiger partial charge in [-0.05, 0) is 19.9 Å². The van der Waals surface area contributed by atoms with Crippen molar-refractivity contribution in [3.63, 3.8) is 0 Å². The van der Waals surface area contributed by atoms with E-state index >= 15 is 0 Å². The number of hydrogen-bond donors (Lipinski definition) is 1. The molecule has 3 rings (SSSR count). The van der Waals surface area contributed by atoms with Gasteiger partial charge in [-0.1, -0.05) is 0 Å². The van der Waals surface area contributed by atoms with E-state index in [-0.39, 0.29) is 6.04 Å². The normalized spacial score (nSPS) is 12.7. The van der Waals surface area contributed by atoms with Gasteiger partial charge >= 0.3 is 0 Å². The first-order valence-corrected chi connectivity index (χ1v) is 6.28. The molecule has 0 aliphatic heterocycles. The zero-order chi connectivity index (χ0) is 13.2. The lowest BCUT2D eigenvalue weighted by Gasteiger charge is -2.16. The number of hydrogen-bond acceptors (Lipinski definition) is 4. The average molecular weight is 256 g/mol. The second kappa shape index (κ2) is 4.72. The molecule has 0 radical (unpaired) electrons. The van der Waals surface area contributed by atoms with E-state index in [1.165, 1.54) is 0 Å². The van der Waals surface area contributed by atoms with Crippen LogP contribution < -0.4 is 5.32 Å². The molecular weight excluding hydrogens is 240 g/mol. The Bertz CT molecular complexity index is 670. The number of nitrogens with one attached hydrogen (secondary N) is 1. The highest BCUT2D eigenvalue weighted by atomic mass is 15.3. The van der Waals surface area contributed by atoms with Gasteiger partial charge in [0.25, 0.3) is 0 Å². The summed E-state index contributed by atoms with van der Waals surface area (Å²) in [6, 6.07) is 6.07. The Kier molecular flexibility index (Phi) is 2.91. The van der Waals surface area contributed by atoms with E-state index in [2.05, 4.69) is 27.4 Å². The maximum Gasteiger partial charge on any atom is 0.157 e. The van der Waals surface area contributed by atoms with E-state index in [0.29, 0.717) is 0 Å². The summed E-state index contributed by atoms with van der Waals surface area (Å²) < 4.78 is 3.72. The summed E-state index contributed by atoms with van der Waals surface area (Å²) >= 11 is 0. The van der Waals surface area contributed by atoms with Crippen LogP contribution in [0.1, 0.15) is 12.6 Å². The van der Waals surface area contributed by atoms with Gasteiger partial charge in [0.1, 0.15) is 5.82 Å². The summed E-state index contributed by atoms with van der Waals surface area (Å²) in [6.45, 7) is 4.90. The maximum atomic E-state index is 4.42. The highest BCUT2D eigenvalue weighted by Gasteiger charge is 2.08. The van der Waals surface area contributed by atoms with Gasteiger partial charge in [0.05, 0.1) is 12.7 Å². The maximum absolute atomic E-state index is 4.42. The summed E-state index contributed by atoms with van der Waals surface area (Å²) in [6.07, 6.45) is 5.50. The molecule has 0 amide bonds. The smallest absolute Gasteiger partial charge is 0.157 e. The molecule has 98 valence electrons. The van der Waals surface area contributed by atoms with Crippen LogP contribution in [0.3, 0.4) is 0 Å². The summed E-state index contributed by atoms with van der Waals surface area (Å²) in [5.74, 6) is 0.951. The van der Waals surface area contributed by atoms with Crippen LogP contribution in [0.25, 0.3) is 5.65 Å². The fraction of sp³-hybridized carbons (Fsp3) is 0.308. The van der Waals surface area contributed by atoms with Crippen molar-refractivity contribution in [2.75, 3.05) is 5.32 Å². The zero-order valence-corrected chi connectivity index (χ0v) is 11.0. The van der Waals surface area contributed by atoms with Crippen molar-refractivity contribution in [3.05, 3.63) is 42.5 Å². The van der Waals surface area contributed by atoms with Crippen molar-refractivity contribution in [2.24, 2.45) is 0 Å². The van der Waals surface area contributed by atoms with E-state index in [0.717, 1.165) is 23.7 Å². The molecule has 3 heterocycles. The molecule has 3 aromatic rings. The lowest BCUT2D eigenvalue weighted by atomic mass is 10.3. The Morgan fingerprint density at radius 3 is 3.00 bits per heavy atom. The molecular formula is C13H16N6. The Hall–Kier alpha value is -2.37. The van der Waals surface area contributed by atoms with E-state index in [4.69, 9.17) is 0 Å². The summed E-state index contributed by atoms with van der Waals surface area (Å²) in [5.41, 5.74) is 1.83. The molecule has 0 unspecified atom stereocenters. The Labute approximate surface area is 111 Å². The van der Waals surface area contributed by atoms with Gasteiger partial charge in [-0.3, -0.25) is 4.68 Å². The van der Waals surface area contributed by atoms with Crippen LogP contribution in [0.15, 0.2) is 36.8 Å². The highest BCUT2D eigenvalue weighted by molar-refractivity contribution is 5.49. The monoisotopic (exact) mass is 256 g/mol. The van der Waals surface area contributed by atoms with E-state index < -0.39 is 0 Å². The summed E-state index contributed by atoms with van der Waals surface area (Å²) in [5, 5.41) is 11.9. The molecule has 0 saturated carbocycles. The molecule has 0 spiro atoms. The van der Waals surface area contributed by atoms with Crippen molar-refractivity contribution in [1.29, 1.82) is 0 Å². The fourth-order valence-corrected chi connectivity index (χ4v) is 2.13. The first-order valence-electron chi connectivity index (χ1n) is 6.28. The second-order valence-corrected chi connectivity index (χ2v) is 4.66. The molecule has 1 atom stereocenters. The van der Waals surface area contributed by atoms with Crippen LogP contribution in [0.5, 0.6) is 0 Å². The van der Waals surface area contributed by atoms with Crippen molar-refractivity contribution < 1.29 is 0 Å². The quantitative estimate of drug-likeness (QED) is 0.772. The van der Waals surface area contributed by atoms with Crippen LogP contribution in [0, 0.1) is 6.92 Å². The Morgan fingerprint density at radius 2 is 2.21 bits per heavy atom. The molecule has 6 heteroatoms. The second-order valence-electron chi connectivity index (χ2n) is 4.66. The number of rotatable bonds is 4. The molecule has 3 aromatic heterocycles. The topological polar surface area (TPSA) is 60.0 Å². The van der Waals surface area contributed by atoms with E-state index in [1.807, 2.05) is 40.5 Å². The van der Waals surface area contributed by atoms with Crippen LogP contribution >= 0.6 is 0 Å². The minimum atomic E-state index is 0.245. The van der Waals surface area contributed by atoms with Gasteiger partial charge in [-0.25, -0.2) is 4.98 Å². The van der Waals surface area contributed by atoms with Gasteiger partial charge in [0.15, 0.2) is 5.65 Å². The van der Waals surface area contributed by atoms with E-state index in [9.17, 15) is 0 Å². The minimum absolute atomic E-state index is 0.245. The molecule has 0 aliphatic rings. The largest absolute Gasteiger partial charge is 0.366 e. The number of aromatic nitrogens is 5. The van der Waals surface area contributed by atoms with Gasteiger partial charge in [-0.15, -0.1) is 0 Å². The van der Waals surface area contributed by atoms with Gasteiger partial charge in [0, 0.05) is 36.3 Å². The van der Waals surface area contributed by atoms with Gasteiger partial charge in [-0.2, -0.15) is 14.7 Å². The summed E-state index contributed by atoms with van der Waals surface area (Å²) in [4.78, 5) is 4.42. The predicted molar refractivity (Wildman–Crippen MR) is 73.0 cm³/mol. The standard InChI is InChI=1S/C13H16N6/c1-10-8-13(19-12(16-10)4-6-15-19)17-11(2)9-18-7-3-5-14-18/h3-8,11,17H,9H2,1-2H3/t11-/m0/s1. The van der Waals surface area contributed by atoms with Crippen molar-refractivity contribution in [2.45, 2.75) is 26.4 Å². The molecule has 0 fully saturated rings. The lowest BCUT2D eigenvalue weighted by Crippen LogP contribution is -2.23. The molecule has 0 bridgehead atoms. The Balaban J connectivity index is 1.82. The number of fused-ring (bicyclic) bond motifs is 1. The van der Waals surface area contributed by atoms with Crippen LogP contribution in [-0.2, 0) is 6.54 Å². The number of nitrogens with zero attached hydrogens (tertiary/aromatic N) is 5. The fourth-order valence-electron chi connectivity index (χ4n) is 2.13. The minimum Gasteiger partial charge on any atom is -0.366 e. The van der Waals surface area contributed by atoms with E-state index in [1.54, 1.807) is 12.4 Å². The lowest BCUT2D eigenvalue weighted by molar-refractivity contribution is 0.558. The SMILES string of the molecule is Cc1cc(N[C@@H](C)Cn2cccn2)n2nccc2n1. The molecule has 19 heavy (non-hydrogen) atoms. The Morgan fingerprint density at radius 1 is 1.32 bits per heavy atom. The number of anilines is 1. The molecule has 0 aliphatic carbocycles. The molecule has 6 nitrogen and oxygen atoms in total. The first-order chi connectivity index (χ1) is 9.22.